The normalized spacial score (nSPS) is 21.3. The molecule has 1 amide bonds. The Morgan fingerprint density at radius 1 is 1.11 bits per heavy atom. The van der Waals surface area contributed by atoms with E-state index in [1.165, 1.54) is 0 Å². The standard InChI is InChI=1S/C21H22BrNO4/c1-13-14(2)23(15(3)24)19-10-9-17(22)11-18(19)20(13)27-21(25)26-12-16-7-5-4-6-8-16/h4-11,13-14,20H,12H2,1-3H3/t13-,14-,20+/m0/s1. The number of carbonyl (C=O) groups is 2. The lowest BCUT2D eigenvalue weighted by Crippen LogP contribution is -2.47. The molecule has 0 spiro atoms. The average Bonchev–Trinajstić information content (AvgIpc) is 2.65. The van der Waals surface area contributed by atoms with Crippen molar-refractivity contribution in [1.29, 1.82) is 0 Å². The number of carbonyl (C=O) groups excluding carboxylic acids is 2. The number of rotatable bonds is 3. The van der Waals surface area contributed by atoms with Gasteiger partial charge in [0.1, 0.15) is 12.7 Å². The summed E-state index contributed by atoms with van der Waals surface area (Å²) in [5.41, 5.74) is 2.45. The van der Waals surface area contributed by atoms with Crippen molar-refractivity contribution in [3.63, 3.8) is 0 Å². The minimum atomic E-state index is -0.717. The largest absolute Gasteiger partial charge is 0.509 e. The summed E-state index contributed by atoms with van der Waals surface area (Å²) in [4.78, 5) is 26.2. The summed E-state index contributed by atoms with van der Waals surface area (Å²) in [6.07, 6.45) is -1.21. The summed E-state index contributed by atoms with van der Waals surface area (Å²) in [5, 5.41) is 0. The van der Waals surface area contributed by atoms with Crippen molar-refractivity contribution in [2.45, 2.75) is 39.5 Å². The van der Waals surface area contributed by atoms with E-state index in [1.54, 1.807) is 11.8 Å². The molecule has 0 unspecified atom stereocenters. The van der Waals surface area contributed by atoms with Crippen molar-refractivity contribution >= 4 is 33.7 Å². The first kappa shape index (κ1) is 19.4. The number of hydrogen-bond donors (Lipinski definition) is 0. The zero-order valence-corrected chi connectivity index (χ0v) is 17.1. The van der Waals surface area contributed by atoms with E-state index in [-0.39, 0.29) is 24.5 Å². The third-order valence-electron chi connectivity index (χ3n) is 4.96. The molecule has 0 aromatic heterocycles. The van der Waals surface area contributed by atoms with Crippen molar-refractivity contribution in [2.24, 2.45) is 5.92 Å². The fourth-order valence-corrected chi connectivity index (χ4v) is 3.82. The lowest BCUT2D eigenvalue weighted by atomic mass is 9.85. The second-order valence-corrected chi connectivity index (χ2v) is 7.67. The summed E-state index contributed by atoms with van der Waals surface area (Å²) in [7, 11) is 0. The molecular formula is C21H22BrNO4. The van der Waals surface area contributed by atoms with Gasteiger partial charge in [-0.3, -0.25) is 4.79 Å². The van der Waals surface area contributed by atoms with Gasteiger partial charge in [-0.25, -0.2) is 4.79 Å². The Morgan fingerprint density at radius 3 is 2.48 bits per heavy atom. The third kappa shape index (κ3) is 4.16. The number of nitrogens with zero attached hydrogens (tertiary/aromatic N) is 1. The molecule has 1 heterocycles. The van der Waals surface area contributed by atoms with Gasteiger partial charge in [-0.15, -0.1) is 0 Å². The zero-order chi connectivity index (χ0) is 19.6. The van der Waals surface area contributed by atoms with Crippen LogP contribution in [0.2, 0.25) is 0 Å². The van der Waals surface area contributed by atoms with Crippen LogP contribution in [-0.2, 0) is 20.9 Å². The first-order valence-corrected chi connectivity index (χ1v) is 9.64. The maximum atomic E-state index is 12.3. The van der Waals surface area contributed by atoms with E-state index in [9.17, 15) is 9.59 Å². The Bertz CT molecular complexity index is 839. The molecule has 0 bridgehead atoms. The Morgan fingerprint density at radius 2 is 1.81 bits per heavy atom. The number of fused-ring (bicyclic) bond motifs is 1. The summed E-state index contributed by atoms with van der Waals surface area (Å²) in [5.74, 6) is -0.122. The van der Waals surface area contributed by atoms with Gasteiger partial charge >= 0.3 is 6.16 Å². The second-order valence-electron chi connectivity index (χ2n) is 6.75. The molecule has 3 rings (SSSR count). The quantitative estimate of drug-likeness (QED) is 0.623. The van der Waals surface area contributed by atoms with Gasteiger partial charge in [-0.05, 0) is 30.7 Å². The predicted molar refractivity (Wildman–Crippen MR) is 106 cm³/mol. The van der Waals surface area contributed by atoms with Crippen LogP contribution < -0.4 is 4.90 Å². The van der Waals surface area contributed by atoms with Crippen LogP contribution in [0.15, 0.2) is 53.0 Å². The van der Waals surface area contributed by atoms with Crippen LogP contribution in [0.5, 0.6) is 0 Å². The second kappa shape index (κ2) is 8.13. The summed E-state index contributed by atoms with van der Waals surface area (Å²) >= 11 is 3.46. The Kier molecular flexibility index (Phi) is 5.85. The van der Waals surface area contributed by atoms with Crippen LogP contribution in [0, 0.1) is 5.92 Å². The number of halogens is 1. The molecule has 2 aromatic rings. The van der Waals surface area contributed by atoms with Crippen LogP contribution in [0.3, 0.4) is 0 Å². The fourth-order valence-electron chi connectivity index (χ4n) is 3.44. The SMILES string of the molecule is CC(=O)N1c2ccc(Br)cc2[C@H](OC(=O)OCc2ccccc2)[C@@H](C)[C@@H]1C. The van der Waals surface area contributed by atoms with Crippen LogP contribution >= 0.6 is 15.9 Å². The van der Waals surface area contributed by atoms with Gasteiger partial charge in [-0.1, -0.05) is 53.2 Å². The van der Waals surface area contributed by atoms with E-state index in [0.717, 1.165) is 21.3 Å². The maximum Gasteiger partial charge on any atom is 0.509 e. The van der Waals surface area contributed by atoms with Crippen LogP contribution in [0.4, 0.5) is 10.5 Å². The van der Waals surface area contributed by atoms with Gasteiger partial charge in [0.25, 0.3) is 0 Å². The average molecular weight is 432 g/mol. The first-order valence-electron chi connectivity index (χ1n) is 8.85. The molecule has 1 aliphatic heterocycles. The molecule has 0 fully saturated rings. The molecule has 2 aromatic carbocycles. The number of ether oxygens (including phenoxy) is 2. The first-order chi connectivity index (χ1) is 12.9. The highest BCUT2D eigenvalue weighted by Gasteiger charge is 2.40. The lowest BCUT2D eigenvalue weighted by Gasteiger charge is -2.42. The topological polar surface area (TPSA) is 55.8 Å². The lowest BCUT2D eigenvalue weighted by molar-refractivity contribution is -0.117. The van der Waals surface area contributed by atoms with Gasteiger partial charge < -0.3 is 14.4 Å². The molecule has 0 radical (unpaired) electrons. The molecule has 0 N–H and O–H groups in total. The molecule has 0 aliphatic carbocycles. The maximum absolute atomic E-state index is 12.3. The van der Waals surface area contributed by atoms with Crippen molar-refractivity contribution < 1.29 is 19.1 Å². The van der Waals surface area contributed by atoms with Gasteiger partial charge in [0.15, 0.2) is 0 Å². The molecule has 0 saturated heterocycles. The number of benzene rings is 2. The minimum absolute atomic E-state index is 0.0389. The molecule has 1 aliphatic rings. The molecule has 3 atom stereocenters. The number of hydrogen-bond acceptors (Lipinski definition) is 4. The van der Waals surface area contributed by atoms with Crippen molar-refractivity contribution in [3.05, 3.63) is 64.1 Å². The zero-order valence-electron chi connectivity index (χ0n) is 15.5. The molecule has 142 valence electrons. The highest BCUT2D eigenvalue weighted by atomic mass is 79.9. The van der Waals surface area contributed by atoms with Crippen molar-refractivity contribution in [3.8, 4) is 0 Å². The van der Waals surface area contributed by atoms with Crippen molar-refractivity contribution in [2.75, 3.05) is 4.90 Å². The van der Waals surface area contributed by atoms with Gasteiger partial charge in [0.05, 0.1) is 5.69 Å². The Balaban J connectivity index is 1.81. The summed E-state index contributed by atoms with van der Waals surface area (Å²) < 4.78 is 11.8. The van der Waals surface area contributed by atoms with Crippen LogP contribution in [0.1, 0.15) is 38.0 Å². The van der Waals surface area contributed by atoms with Gasteiger partial charge in [0, 0.05) is 28.9 Å². The highest BCUT2D eigenvalue weighted by Crippen LogP contribution is 2.44. The molecule has 6 heteroatoms. The molecule has 5 nitrogen and oxygen atoms in total. The predicted octanol–water partition coefficient (Wildman–Crippen LogP) is 5.23. The summed E-state index contributed by atoms with van der Waals surface area (Å²) in [6, 6.07) is 15.0. The number of anilines is 1. The van der Waals surface area contributed by atoms with E-state index >= 15 is 0 Å². The van der Waals surface area contributed by atoms with Gasteiger partial charge in [-0.2, -0.15) is 0 Å². The Labute approximate surface area is 167 Å². The van der Waals surface area contributed by atoms with Crippen molar-refractivity contribution in [1.82, 2.24) is 0 Å². The molecule has 27 heavy (non-hydrogen) atoms. The third-order valence-corrected chi connectivity index (χ3v) is 5.46. The van der Waals surface area contributed by atoms with Gasteiger partial charge in [0.2, 0.25) is 5.91 Å². The Hall–Kier alpha value is -2.34. The fraction of sp³-hybridized carbons (Fsp3) is 0.333. The van der Waals surface area contributed by atoms with E-state index < -0.39 is 12.3 Å². The monoisotopic (exact) mass is 431 g/mol. The van der Waals surface area contributed by atoms with E-state index in [2.05, 4.69) is 15.9 Å². The van der Waals surface area contributed by atoms with E-state index in [1.807, 2.05) is 62.4 Å². The van der Waals surface area contributed by atoms with E-state index in [0.29, 0.717) is 0 Å². The smallest absolute Gasteiger partial charge is 0.429 e. The highest BCUT2D eigenvalue weighted by molar-refractivity contribution is 9.10. The van der Waals surface area contributed by atoms with Crippen LogP contribution in [-0.4, -0.2) is 18.1 Å². The molecule has 0 saturated carbocycles. The summed E-state index contributed by atoms with van der Waals surface area (Å²) in [6.45, 7) is 5.63. The minimum Gasteiger partial charge on any atom is -0.429 e. The van der Waals surface area contributed by atoms with Crippen LogP contribution in [0.25, 0.3) is 0 Å². The molecular weight excluding hydrogens is 410 g/mol. The number of amides is 1. The van der Waals surface area contributed by atoms with E-state index in [4.69, 9.17) is 9.47 Å².